The molecule has 0 fully saturated rings. The largest absolute Gasteiger partial charge is 0.295 e. The van der Waals surface area contributed by atoms with E-state index in [0.29, 0.717) is 0 Å². The Hall–Kier alpha value is -0.850. The molecule has 1 unspecified atom stereocenters. The quantitative estimate of drug-likeness (QED) is 0.463. The summed E-state index contributed by atoms with van der Waals surface area (Å²) in [5.74, 6) is 0.379. The predicted molar refractivity (Wildman–Crippen MR) is 53.0 cm³/mol. The number of carbonyl (C=O) groups excluding carboxylic acids is 1. The standard InChI is InChI=1S/C11H18O/c1-5-9(3)7-8-11(12)10(4)6-2/h5,7-8,10H,6H2,1-4H3/b8-7-,9-5?. The number of allylic oxidation sites excluding steroid dienone is 4. The minimum absolute atomic E-state index is 0.158. The second kappa shape index (κ2) is 5.76. The average Bonchev–Trinajstić information content (AvgIpc) is 2.11. The number of carbonyl (C=O) groups is 1. The Balaban J connectivity index is 4.09. The molecule has 0 aromatic heterocycles. The summed E-state index contributed by atoms with van der Waals surface area (Å²) < 4.78 is 0. The molecule has 0 heterocycles. The Kier molecular flexibility index (Phi) is 5.35. The Bertz CT molecular complexity index is 199. The van der Waals surface area contributed by atoms with E-state index in [1.807, 2.05) is 39.8 Å². The van der Waals surface area contributed by atoms with Crippen molar-refractivity contribution < 1.29 is 4.79 Å². The molecule has 0 aromatic rings. The molecule has 0 N–H and O–H groups in total. The smallest absolute Gasteiger partial charge is 0.158 e. The first kappa shape index (κ1) is 11.2. The van der Waals surface area contributed by atoms with Crippen molar-refractivity contribution in [2.45, 2.75) is 34.1 Å². The summed E-state index contributed by atoms with van der Waals surface area (Å²) >= 11 is 0. The highest BCUT2D eigenvalue weighted by Crippen LogP contribution is 2.04. The van der Waals surface area contributed by atoms with Gasteiger partial charge in [-0.25, -0.2) is 0 Å². The molecule has 0 aliphatic rings. The van der Waals surface area contributed by atoms with E-state index in [0.717, 1.165) is 12.0 Å². The van der Waals surface area contributed by atoms with Crippen molar-refractivity contribution in [2.24, 2.45) is 5.92 Å². The van der Waals surface area contributed by atoms with Crippen LogP contribution in [0.25, 0.3) is 0 Å². The first-order chi connectivity index (χ1) is 5.61. The molecular formula is C11H18O. The first-order valence-corrected chi connectivity index (χ1v) is 4.46. The van der Waals surface area contributed by atoms with Gasteiger partial charge in [-0.15, -0.1) is 0 Å². The number of rotatable bonds is 4. The fourth-order valence-corrected chi connectivity index (χ4v) is 0.675. The highest BCUT2D eigenvalue weighted by molar-refractivity contribution is 5.91. The lowest BCUT2D eigenvalue weighted by molar-refractivity contribution is -0.117. The molecular weight excluding hydrogens is 148 g/mol. The maximum Gasteiger partial charge on any atom is 0.158 e. The van der Waals surface area contributed by atoms with Gasteiger partial charge in [-0.05, 0) is 26.3 Å². The van der Waals surface area contributed by atoms with Crippen LogP contribution in [-0.4, -0.2) is 5.78 Å². The molecule has 0 saturated heterocycles. The number of hydrogen-bond acceptors (Lipinski definition) is 1. The minimum atomic E-state index is 0.158. The maximum absolute atomic E-state index is 11.3. The van der Waals surface area contributed by atoms with E-state index in [2.05, 4.69) is 0 Å². The van der Waals surface area contributed by atoms with Gasteiger partial charge >= 0.3 is 0 Å². The van der Waals surface area contributed by atoms with Crippen LogP contribution in [0, 0.1) is 5.92 Å². The van der Waals surface area contributed by atoms with Crippen molar-refractivity contribution >= 4 is 5.78 Å². The molecule has 0 spiro atoms. The molecule has 0 saturated carbocycles. The van der Waals surface area contributed by atoms with Crippen LogP contribution in [0.3, 0.4) is 0 Å². The van der Waals surface area contributed by atoms with E-state index < -0.39 is 0 Å². The third kappa shape index (κ3) is 4.12. The third-order valence-electron chi connectivity index (χ3n) is 2.06. The van der Waals surface area contributed by atoms with Gasteiger partial charge in [0.25, 0.3) is 0 Å². The zero-order valence-electron chi connectivity index (χ0n) is 8.42. The monoisotopic (exact) mass is 166 g/mol. The Morgan fingerprint density at radius 3 is 2.42 bits per heavy atom. The van der Waals surface area contributed by atoms with Crippen LogP contribution in [0.15, 0.2) is 23.8 Å². The van der Waals surface area contributed by atoms with Gasteiger partial charge in [0.05, 0.1) is 0 Å². The van der Waals surface area contributed by atoms with Gasteiger partial charge in [-0.2, -0.15) is 0 Å². The van der Waals surface area contributed by atoms with Gasteiger partial charge in [-0.1, -0.05) is 31.6 Å². The maximum atomic E-state index is 11.3. The summed E-state index contributed by atoms with van der Waals surface area (Å²) in [5.41, 5.74) is 1.13. The second-order valence-corrected chi connectivity index (χ2v) is 3.08. The molecule has 1 heteroatoms. The SMILES string of the molecule is CC=C(C)/C=C\C(=O)C(C)CC. The van der Waals surface area contributed by atoms with Crippen molar-refractivity contribution in [1.82, 2.24) is 0 Å². The Morgan fingerprint density at radius 1 is 1.42 bits per heavy atom. The summed E-state index contributed by atoms with van der Waals surface area (Å²) in [6.07, 6.45) is 6.44. The van der Waals surface area contributed by atoms with Crippen molar-refractivity contribution in [1.29, 1.82) is 0 Å². The summed E-state index contributed by atoms with van der Waals surface area (Å²) in [6.45, 7) is 7.93. The predicted octanol–water partition coefficient (Wildman–Crippen LogP) is 3.12. The molecule has 0 radical (unpaired) electrons. The van der Waals surface area contributed by atoms with Gasteiger partial charge in [0.2, 0.25) is 0 Å². The fraction of sp³-hybridized carbons (Fsp3) is 0.545. The van der Waals surface area contributed by atoms with Crippen LogP contribution in [0.1, 0.15) is 34.1 Å². The Morgan fingerprint density at radius 2 is 2.00 bits per heavy atom. The highest BCUT2D eigenvalue weighted by atomic mass is 16.1. The van der Waals surface area contributed by atoms with Crippen molar-refractivity contribution in [3.8, 4) is 0 Å². The van der Waals surface area contributed by atoms with E-state index in [1.165, 1.54) is 0 Å². The van der Waals surface area contributed by atoms with Gasteiger partial charge in [-0.3, -0.25) is 4.79 Å². The number of ketones is 1. The topological polar surface area (TPSA) is 17.1 Å². The Labute approximate surface area is 75.2 Å². The minimum Gasteiger partial charge on any atom is -0.295 e. The summed E-state index contributed by atoms with van der Waals surface area (Å²) in [4.78, 5) is 11.3. The lowest BCUT2D eigenvalue weighted by Crippen LogP contribution is -2.05. The molecule has 1 atom stereocenters. The average molecular weight is 166 g/mol. The van der Waals surface area contributed by atoms with Gasteiger partial charge in [0.1, 0.15) is 0 Å². The van der Waals surface area contributed by atoms with Gasteiger partial charge in [0.15, 0.2) is 5.78 Å². The van der Waals surface area contributed by atoms with E-state index in [4.69, 9.17) is 0 Å². The van der Waals surface area contributed by atoms with E-state index in [9.17, 15) is 4.79 Å². The number of hydrogen-bond donors (Lipinski definition) is 0. The van der Waals surface area contributed by atoms with E-state index in [1.54, 1.807) is 6.08 Å². The first-order valence-electron chi connectivity index (χ1n) is 4.46. The highest BCUT2D eigenvalue weighted by Gasteiger charge is 2.05. The molecule has 0 rings (SSSR count). The van der Waals surface area contributed by atoms with Crippen LogP contribution in [0.2, 0.25) is 0 Å². The van der Waals surface area contributed by atoms with E-state index >= 15 is 0 Å². The van der Waals surface area contributed by atoms with Crippen molar-refractivity contribution in [3.63, 3.8) is 0 Å². The molecule has 0 aliphatic carbocycles. The molecule has 12 heavy (non-hydrogen) atoms. The van der Waals surface area contributed by atoms with Gasteiger partial charge < -0.3 is 0 Å². The molecule has 1 nitrogen and oxygen atoms in total. The summed E-state index contributed by atoms with van der Waals surface area (Å²) in [7, 11) is 0. The van der Waals surface area contributed by atoms with Crippen LogP contribution in [0.5, 0.6) is 0 Å². The third-order valence-corrected chi connectivity index (χ3v) is 2.06. The molecule has 0 bridgehead atoms. The summed E-state index contributed by atoms with van der Waals surface area (Å²) in [6, 6.07) is 0. The van der Waals surface area contributed by atoms with E-state index in [-0.39, 0.29) is 11.7 Å². The molecule has 0 amide bonds. The van der Waals surface area contributed by atoms with Crippen molar-refractivity contribution in [2.75, 3.05) is 0 Å². The van der Waals surface area contributed by atoms with Crippen LogP contribution < -0.4 is 0 Å². The van der Waals surface area contributed by atoms with Crippen LogP contribution in [0.4, 0.5) is 0 Å². The lowest BCUT2D eigenvalue weighted by atomic mass is 10.0. The zero-order chi connectivity index (χ0) is 9.56. The zero-order valence-corrected chi connectivity index (χ0v) is 8.42. The van der Waals surface area contributed by atoms with Gasteiger partial charge in [0, 0.05) is 5.92 Å². The summed E-state index contributed by atoms with van der Waals surface area (Å²) in [5, 5.41) is 0. The molecule has 0 aliphatic heterocycles. The lowest BCUT2D eigenvalue weighted by Gasteiger charge is -2.01. The molecule has 0 aromatic carbocycles. The van der Waals surface area contributed by atoms with Crippen molar-refractivity contribution in [3.05, 3.63) is 23.8 Å². The van der Waals surface area contributed by atoms with Crippen LogP contribution >= 0.6 is 0 Å². The van der Waals surface area contributed by atoms with Crippen LogP contribution in [-0.2, 0) is 4.79 Å². The fourth-order valence-electron chi connectivity index (χ4n) is 0.675. The second-order valence-electron chi connectivity index (χ2n) is 3.08. The molecule has 68 valence electrons. The normalized spacial score (nSPS) is 15.2.